The zero-order valence-electron chi connectivity index (χ0n) is 14.9. The lowest BCUT2D eigenvalue weighted by atomic mass is 10.3. The Hall–Kier alpha value is -2.65. The van der Waals surface area contributed by atoms with Gasteiger partial charge in [0.15, 0.2) is 0 Å². The van der Waals surface area contributed by atoms with Crippen molar-refractivity contribution >= 4 is 35.2 Å². The van der Waals surface area contributed by atoms with E-state index in [-0.39, 0.29) is 17.6 Å². The number of hydrogen-bond acceptors (Lipinski definition) is 7. The number of para-hydroxylation sites is 1. The van der Waals surface area contributed by atoms with Crippen LogP contribution in [0.15, 0.2) is 47.6 Å². The first-order chi connectivity index (χ1) is 13.1. The quantitative estimate of drug-likeness (QED) is 0.679. The van der Waals surface area contributed by atoms with Gasteiger partial charge in [0.2, 0.25) is 17.8 Å². The lowest BCUT2D eigenvalue weighted by Crippen LogP contribution is -2.49. The van der Waals surface area contributed by atoms with Gasteiger partial charge in [-0.2, -0.15) is 0 Å². The molecule has 1 aliphatic rings. The zero-order valence-corrected chi connectivity index (χ0v) is 15.7. The molecular weight excluding hydrogens is 364 g/mol. The molecule has 8 nitrogen and oxygen atoms in total. The minimum Gasteiger partial charge on any atom is -0.369 e. The van der Waals surface area contributed by atoms with Crippen molar-refractivity contribution in [3.8, 4) is 0 Å². The average Bonchev–Trinajstić information content (AvgIpc) is 2.68. The molecule has 0 unspecified atom stereocenters. The topological polar surface area (TPSA) is 104 Å². The van der Waals surface area contributed by atoms with Crippen molar-refractivity contribution in [2.75, 3.05) is 48.7 Å². The Kier molecular flexibility index (Phi) is 6.61. The highest BCUT2D eigenvalue weighted by atomic mass is 32.2. The number of thioether (sulfide) groups is 1. The van der Waals surface area contributed by atoms with Gasteiger partial charge >= 0.3 is 0 Å². The molecule has 142 valence electrons. The number of amides is 2. The molecule has 0 atom stereocenters. The van der Waals surface area contributed by atoms with E-state index >= 15 is 0 Å². The molecule has 1 aliphatic heterocycles. The van der Waals surface area contributed by atoms with Crippen molar-refractivity contribution in [3.05, 3.63) is 42.7 Å². The van der Waals surface area contributed by atoms with Crippen LogP contribution in [0.25, 0.3) is 0 Å². The summed E-state index contributed by atoms with van der Waals surface area (Å²) in [7, 11) is 0. The van der Waals surface area contributed by atoms with Crippen LogP contribution >= 0.6 is 11.8 Å². The first-order valence-electron chi connectivity index (χ1n) is 8.66. The number of nitrogens with one attached hydrogen (secondary N) is 1. The smallest absolute Gasteiger partial charge is 0.238 e. The molecule has 3 N–H and O–H groups in total. The van der Waals surface area contributed by atoms with Gasteiger partial charge in [0, 0.05) is 43.5 Å². The Morgan fingerprint density at radius 2 is 1.78 bits per heavy atom. The van der Waals surface area contributed by atoms with E-state index in [1.807, 2.05) is 24.3 Å². The summed E-state index contributed by atoms with van der Waals surface area (Å²) in [6.45, 7) is 3.41. The van der Waals surface area contributed by atoms with E-state index in [4.69, 9.17) is 5.73 Å². The second-order valence-corrected chi connectivity index (χ2v) is 7.13. The standard InChI is InChI=1S/C18H22N6O2S/c19-16(25)13-27-15-5-2-1-4-14(15)22-17(26)12-23-8-10-24(11-9-23)18-20-6-3-7-21-18/h1-7H,8-13H2,(H2,19,25)(H,22,26). The Balaban J connectivity index is 1.50. The van der Waals surface area contributed by atoms with Crippen molar-refractivity contribution in [3.63, 3.8) is 0 Å². The number of carbonyl (C=O) groups excluding carboxylic acids is 2. The van der Waals surface area contributed by atoms with Gasteiger partial charge < -0.3 is 16.0 Å². The molecule has 2 amide bonds. The van der Waals surface area contributed by atoms with E-state index in [1.54, 1.807) is 18.5 Å². The molecule has 1 saturated heterocycles. The van der Waals surface area contributed by atoms with Gasteiger partial charge in [-0.25, -0.2) is 9.97 Å². The maximum absolute atomic E-state index is 12.4. The SMILES string of the molecule is NC(=O)CSc1ccccc1NC(=O)CN1CCN(c2ncccn2)CC1. The van der Waals surface area contributed by atoms with E-state index < -0.39 is 0 Å². The van der Waals surface area contributed by atoms with Crippen LogP contribution in [-0.4, -0.2) is 65.2 Å². The third kappa shape index (κ3) is 5.66. The molecule has 1 aromatic heterocycles. The van der Waals surface area contributed by atoms with E-state index in [1.165, 1.54) is 11.8 Å². The number of carbonyl (C=O) groups is 2. The normalized spacial score (nSPS) is 14.7. The van der Waals surface area contributed by atoms with Crippen LogP contribution in [0.2, 0.25) is 0 Å². The molecule has 0 aliphatic carbocycles. The highest BCUT2D eigenvalue weighted by molar-refractivity contribution is 8.00. The minimum absolute atomic E-state index is 0.0773. The number of nitrogens with two attached hydrogens (primary N) is 1. The second kappa shape index (κ2) is 9.33. The van der Waals surface area contributed by atoms with Crippen molar-refractivity contribution < 1.29 is 9.59 Å². The number of anilines is 2. The predicted octanol–water partition coefficient (Wildman–Crippen LogP) is 0.815. The van der Waals surface area contributed by atoms with Gasteiger partial charge in [-0.3, -0.25) is 14.5 Å². The molecule has 0 spiro atoms. The van der Waals surface area contributed by atoms with Gasteiger partial charge in [-0.15, -0.1) is 11.8 Å². The molecule has 1 aromatic carbocycles. The van der Waals surface area contributed by atoms with Gasteiger partial charge in [0.1, 0.15) is 0 Å². The second-order valence-electron chi connectivity index (χ2n) is 6.11. The summed E-state index contributed by atoms with van der Waals surface area (Å²) < 4.78 is 0. The number of rotatable bonds is 7. The maximum Gasteiger partial charge on any atom is 0.238 e. The fraction of sp³-hybridized carbons (Fsp3) is 0.333. The molecule has 0 bridgehead atoms. The molecule has 3 rings (SSSR count). The van der Waals surface area contributed by atoms with Crippen LogP contribution in [-0.2, 0) is 9.59 Å². The number of piperazine rings is 1. The third-order valence-corrected chi connectivity index (χ3v) is 5.20. The van der Waals surface area contributed by atoms with E-state index in [0.29, 0.717) is 12.2 Å². The van der Waals surface area contributed by atoms with Crippen LogP contribution in [0.1, 0.15) is 0 Å². The molecule has 2 aromatic rings. The van der Waals surface area contributed by atoms with Crippen LogP contribution in [0, 0.1) is 0 Å². The van der Waals surface area contributed by atoms with Gasteiger partial charge in [0.05, 0.1) is 18.0 Å². The Labute approximate surface area is 162 Å². The average molecular weight is 386 g/mol. The summed E-state index contributed by atoms with van der Waals surface area (Å²) in [5.74, 6) is 0.436. The Morgan fingerprint density at radius 3 is 2.48 bits per heavy atom. The van der Waals surface area contributed by atoms with Gasteiger partial charge in [-0.05, 0) is 18.2 Å². The summed E-state index contributed by atoms with van der Waals surface area (Å²) >= 11 is 1.32. The van der Waals surface area contributed by atoms with Crippen LogP contribution in [0.3, 0.4) is 0 Å². The van der Waals surface area contributed by atoms with E-state index in [9.17, 15) is 9.59 Å². The summed E-state index contributed by atoms with van der Waals surface area (Å²) in [4.78, 5) is 37.0. The number of nitrogens with zero attached hydrogens (tertiary/aromatic N) is 4. The highest BCUT2D eigenvalue weighted by Crippen LogP contribution is 2.26. The summed E-state index contributed by atoms with van der Waals surface area (Å²) in [5, 5.41) is 2.93. The van der Waals surface area contributed by atoms with Crippen molar-refractivity contribution in [1.29, 1.82) is 0 Å². The van der Waals surface area contributed by atoms with E-state index in [0.717, 1.165) is 37.0 Å². The molecule has 1 fully saturated rings. The van der Waals surface area contributed by atoms with Crippen LogP contribution in [0.4, 0.5) is 11.6 Å². The van der Waals surface area contributed by atoms with Crippen LogP contribution in [0.5, 0.6) is 0 Å². The predicted molar refractivity (Wildman–Crippen MR) is 106 cm³/mol. The molecule has 0 saturated carbocycles. The lowest BCUT2D eigenvalue weighted by molar-refractivity contribution is -0.117. The minimum atomic E-state index is -0.388. The molecule has 0 radical (unpaired) electrons. The van der Waals surface area contributed by atoms with Gasteiger partial charge in [-0.1, -0.05) is 12.1 Å². The summed E-state index contributed by atoms with van der Waals surface area (Å²) in [5.41, 5.74) is 5.90. The largest absolute Gasteiger partial charge is 0.369 e. The molecular formula is C18H22N6O2S. The van der Waals surface area contributed by atoms with Crippen molar-refractivity contribution in [2.24, 2.45) is 5.73 Å². The van der Waals surface area contributed by atoms with Gasteiger partial charge in [0.25, 0.3) is 0 Å². The zero-order chi connectivity index (χ0) is 19.1. The monoisotopic (exact) mass is 386 g/mol. The summed E-state index contributed by atoms with van der Waals surface area (Å²) in [6, 6.07) is 9.20. The molecule has 27 heavy (non-hydrogen) atoms. The first kappa shape index (κ1) is 19.1. The van der Waals surface area contributed by atoms with Crippen molar-refractivity contribution in [1.82, 2.24) is 14.9 Å². The molecule has 2 heterocycles. The van der Waals surface area contributed by atoms with Crippen LogP contribution < -0.4 is 16.0 Å². The number of benzene rings is 1. The number of primary amides is 1. The lowest BCUT2D eigenvalue weighted by Gasteiger charge is -2.34. The van der Waals surface area contributed by atoms with E-state index in [2.05, 4.69) is 25.1 Å². The molecule has 9 heteroatoms. The first-order valence-corrected chi connectivity index (χ1v) is 9.64. The maximum atomic E-state index is 12.4. The highest BCUT2D eigenvalue weighted by Gasteiger charge is 2.20. The fourth-order valence-electron chi connectivity index (χ4n) is 2.80. The third-order valence-electron chi connectivity index (χ3n) is 4.11. The Bertz CT molecular complexity index is 780. The Morgan fingerprint density at radius 1 is 1.07 bits per heavy atom. The van der Waals surface area contributed by atoms with Crippen molar-refractivity contribution in [2.45, 2.75) is 4.90 Å². The fourth-order valence-corrected chi connectivity index (χ4v) is 3.55. The number of hydrogen-bond donors (Lipinski definition) is 2. The summed E-state index contributed by atoms with van der Waals surface area (Å²) in [6.07, 6.45) is 3.46. The number of aromatic nitrogens is 2.